The number of fused-ring (bicyclic) bond motifs is 2. The van der Waals surface area contributed by atoms with Gasteiger partial charge in [0.15, 0.2) is 0 Å². The average molecular weight is 647 g/mol. The number of imide groups is 1. The van der Waals surface area contributed by atoms with E-state index in [1.165, 1.54) is 12.1 Å². The smallest absolute Gasteiger partial charge is 0.416 e. The molecule has 0 spiro atoms. The number of thioether (sulfide) groups is 1. The van der Waals surface area contributed by atoms with Crippen LogP contribution < -0.4 is 14.5 Å². The van der Waals surface area contributed by atoms with Crippen LogP contribution in [0.5, 0.6) is 5.75 Å². The molecular weight excluding hydrogens is 629 g/mol. The Kier molecular flexibility index (Phi) is 6.87. The molecular formula is C28H18BrF3N2O4S2. The van der Waals surface area contributed by atoms with Crippen LogP contribution in [0.2, 0.25) is 0 Å². The highest BCUT2D eigenvalue weighted by molar-refractivity contribution is 9.10. The van der Waals surface area contributed by atoms with Gasteiger partial charge >= 0.3 is 11.0 Å². The highest BCUT2D eigenvalue weighted by atomic mass is 79.9. The molecule has 3 aromatic carbocycles. The van der Waals surface area contributed by atoms with Crippen molar-refractivity contribution in [3.05, 3.63) is 109 Å². The molecule has 1 saturated heterocycles. The number of aromatic nitrogens is 1. The van der Waals surface area contributed by atoms with Crippen molar-refractivity contribution >= 4 is 56.5 Å². The van der Waals surface area contributed by atoms with Gasteiger partial charge in [0.25, 0.3) is 0 Å². The van der Waals surface area contributed by atoms with Crippen LogP contribution in [0.1, 0.15) is 27.5 Å². The Morgan fingerprint density at radius 1 is 0.950 bits per heavy atom. The predicted molar refractivity (Wildman–Crippen MR) is 149 cm³/mol. The van der Waals surface area contributed by atoms with Gasteiger partial charge in [-0.1, -0.05) is 75.4 Å². The minimum absolute atomic E-state index is 0.148. The molecule has 1 fully saturated rings. The Morgan fingerprint density at radius 3 is 2.48 bits per heavy atom. The molecule has 3 atom stereocenters. The van der Waals surface area contributed by atoms with E-state index in [-0.39, 0.29) is 17.2 Å². The lowest BCUT2D eigenvalue weighted by Gasteiger charge is -2.31. The van der Waals surface area contributed by atoms with Gasteiger partial charge in [-0.2, -0.15) is 13.2 Å². The number of nitrogens with zero attached hydrogens (tertiary/aromatic N) is 1. The van der Waals surface area contributed by atoms with E-state index in [2.05, 4.69) is 20.9 Å². The standard InChI is InChI=1S/C28H18BrF3N2O4S2/c29-16-9-10-19(38-13-14-5-2-1-3-6-14)18(12-16)20-21-23(39-24-22(20)40-27(37)33-24)26(36)34(25(21)35)17-8-4-7-15(11-17)28(30,31)32/h1-12,20-21,23H,13H2,(H,33,37). The number of aromatic amines is 1. The summed E-state index contributed by atoms with van der Waals surface area (Å²) in [6.07, 6.45) is -4.64. The Bertz CT molecular complexity index is 1690. The Labute approximate surface area is 242 Å². The molecule has 40 heavy (non-hydrogen) atoms. The zero-order chi connectivity index (χ0) is 28.2. The molecule has 4 aromatic rings. The number of amides is 2. The number of benzene rings is 3. The SMILES string of the molecule is O=C1C2Sc3[nH]c(=O)sc3C(c3cc(Br)ccc3OCc3ccccc3)C2C(=O)N1c1cccc(C(F)(F)F)c1. The third-order valence-corrected chi connectivity index (χ3v) is 9.69. The largest absolute Gasteiger partial charge is 0.489 e. The molecule has 0 radical (unpaired) electrons. The van der Waals surface area contributed by atoms with Crippen molar-refractivity contribution in [2.24, 2.45) is 5.92 Å². The third kappa shape index (κ3) is 4.77. The molecule has 0 aliphatic carbocycles. The summed E-state index contributed by atoms with van der Waals surface area (Å²) < 4.78 is 47.2. The second kappa shape index (κ2) is 10.2. The Morgan fingerprint density at radius 2 is 1.73 bits per heavy atom. The summed E-state index contributed by atoms with van der Waals surface area (Å²) in [6, 6.07) is 19.0. The van der Waals surface area contributed by atoms with Crippen molar-refractivity contribution in [3.63, 3.8) is 0 Å². The number of carbonyl (C=O) groups excluding carboxylic acids is 2. The Hall–Kier alpha value is -3.35. The van der Waals surface area contributed by atoms with E-state index in [1.54, 1.807) is 18.2 Å². The lowest BCUT2D eigenvalue weighted by Crippen LogP contribution is -2.32. The predicted octanol–water partition coefficient (Wildman–Crippen LogP) is 6.59. The van der Waals surface area contributed by atoms with Crippen LogP contribution in [0.4, 0.5) is 18.9 Å². The molecule has 3 heterocycles. The third-order valence-electron chi connectivity index (χ3n) is 6.80. The van der Waals surface area contributed by atoms with Crippen molar-refractivity contribution in [2.75, 3.05) is 4.90 Å². The van der Waals surface area contributed by atoms with Crippen LogP contribution in [0, 0.1) is 5.92 Å². The monoisotopic (exact) mass is 646 g/mol. The number of rotatable bonds is 5. The second-order valence-electron chi connectivity index (χ2n) is 9.27. The summed E-state index contributed by atoms with van der Waals surface area (Å²) in [5.74, 6) is -2.52. The molecule has 6 nitrogen and oxygen atoms in total. The minimum Gasteiger partial charge on any atom is -0.489 e. The summed E-state index contributed by atoms with van der Waals surface area (Å²) in [7, 11) is 0. The maximum Gasteiger partial charge on any atom is 0.416 e. The van der Waals surface area contributed by atoms with Crippen LogP contribution >= 0.6 is 39.0 Å². The van der Waals surface area contributed by atoms with E-state index in [4.69, 9.17) is 4.74 Å². The average Bonchev–Trinajstić information content (AvgIpc) is 3.42. The number of anilines is 1. The van der Waals surface area contributed by atoms with Gasteiger partial charge < -0.3 is 9.72 Å². The summed E-state index contributed by atoms with van der Waals surface area (Å²) in [6.45, 7) is 0.241. The molecule has 1 N–H and O–H groups in total. The number of thiazole rings is 1. The normalized spacial score (nSPS) is 20.4. The van der Waals surface area contributed by atoms with E-state index in [9.17, 15) is 27.6 Å². The van der Waals surface area contributed by atoms with Crippen molar-refractivity contribution < 1.29 is 27.5 Å². The van der Waals surface area contributed by atoms with Gasteiger partial charge in [-0.05, 0) is 42.0 Å². The first-order chi connectivity index (χ1) is 19.1. The number of halogens is 4. The number of H-pyrrole nitrogens is 1. The molecule has 2 amide bonds. The van der Waals surface area contributed by atoms with Crippen LogP contribution in [-0.4, -0.2) is 22.0 Å². The van der Waals surface area contributed by atoms with E-state index in [0.717, 1.165) is 45.7 Å². The van der Waals surface area contributed by atoms with Crippen LogP contribution in [0.15, 0.2) is 87.1 Å². The van der Waals surface area contributed by atoms with Crippen LogP contribution in [0.25, 0.3) is 0 Å². The molecule has 12 heteroatoms. The first kappa shape index (κ1) is 26.9. The quantitative estimate of drug-likeness (QED) is 0.248. The van der Waals surface area contributed by atoms with Crippen molar-refractivity contribution in [3.8, 4) is 5.75 Å². The lowest BCUT2D eigenvalue weighted by molar-refractivity contribution is -0.137. The van der Waals surface area contributed by atoms with Gasteiger partial charge in [-0.15, -0.1) is 0 Å². The number of alkyl halides is 3. The van der Waals surface area contributed by atoms with Crippen molar-refractivity contribution in [1.82, 2.24) is 4.98 Å². The first-order valence-corrected chi connectivity index (χ1v) is 14.5. The molecule has 2 aliphatic heterocycles. The van der Waals surface area contributed by atoms with E-state index < -0.39 is 40.6 Å². The summed E-state index contributed by atoms with van der Waals surface area (Å²) in [5.41, 5.74) is 0.398. The van der Waals surface area contributed by atoms with Crippen LogP contribution in [0.3, 0.4) is 0 Å². The van der Waals surface area contributed by atoms with E-state index >= 15 is 0 Å². The zero-order valence-electron chi connectivity index (χ0n) is 20.3. The fourth-order valence-electron chi connectivity index (χ4n) is 5.06. The van der Waals surface area contributed by atoms with Crippen molar-refractivity contribution in [1.29, 1.82) is 0 Å². The maximum atomic E-state index is 14.0. The summed E-state index contributed by atoms with van der Waals surface area (Å²) in [4.78, 5) is 43.9. The summed E-state index contributed by atoms with van der Waals surface area (Å²) in [5, 5.41) is -0.493. The number of hydrogen-bond acceptors (Lipinski definition) is 6. The van der Waals surface area contributed by atoms with Gasteiger partial charge in [0.05, 0.1) is 22.2 Å². The molecule has 0 saturated carbocycles. The fourth-order valence-corrected chi connectivity index (χ4v) is 7.94. The maximum absolute atomic E-state index is 14.0. The van der Waals surface area contributed by atoms with Gasteiger partial charge in [0.2, 0.25) is 11.8 Å². The fraction of sp³-hybridized carbons (Fsp3) is 0.179. The molecule has 1 aromatic heterocycles. The Balaban J connectivity index is 1.45. The zero-order valence-corrected chi connectivity index (χ0v) is 23.5. The second-order valence-corrected chi connectivity index (χ2v) is 12.3. The van der Waals surface area contributed by atoms with Crippen molar-refractivity contribution in [2.45, 2.75) is 29.0 Å². The number of carbonyl (C=O) groups is 2. The van der Waals surface area contributed by atoms with Gasteiger partial charge in [-0.25, -0.2) is 4.90 Å². The van der Waals surface area contributed by atoms with E-state index in [0.29, 0.717) is 25.7 Å². The highest BCUT2D eigenvalue weighted by Crippen LogP contribution is 2.55. The number of nitrogens with one attached hydrogen (secondary N) is 1. The van der Waals surface area contributed by atoms with Crippen LogP contribution in [-0.2, 0) is 22.4 Å². The molecule has 6 rings (SSSR count). The first-order valence-electron chi connectivity index (χ1n) is 12.0. The van der Waals surface area contributed by atoms with E-state index in [1.807, 2.05) is 30.3 Å². The molecule has 3 unspecified atom stereocenters. The topological polar surface area (TPSA) is 79.5 Å². The molecule has 204 valence electrons. The molecule has 2 aliphatic rings. The number of hydrogen-bond donors (Lipinski definition) is 1. The minimum atomic E-state index is -4.64. The number of ether oxygens (including phenoxy) is 1. The lowest BCUT2D eigenvalue weighted by atomic mass is 9.82. The van der Waals surface area contributed by atoms with Gasteiger partial charge in [-0.3, -0.25) is 14.4 Å². The van der Waals surface area contributed by atoms with Gasteiger partial charge in [0.1, 0.15) is 17.6 Å². The summed E-state index contributed by atoms with van der Waals surface area (Å²) >= 11 is 5.48. The van der Waals surface area contributed by atoms with Gasteiger partial charge in [0, 0.05) is 20.8 Å². The molecule has 0 bridgehead atoms. The highest BCUT2D eigenvalue weighted by Gasteiger charge is 2.57.